The van der Waals surface area contributed by atoms with Crippen molar-refractivity contribution in [2.75, 3.05) is 0 Å². The van der Waals surface area contributed by atoms with Gasteiger partial charge in [-0.25, -0.2) is 9.59 Å². The number of carboxylic acid groups (broad SMARTS) is 1. The summed E-state index contributed by atoms with van der Waals surface area (Å²) < 4.78 is 5.15. The Hall–Kier alpha value is -2.10. The number of carboxylic acids is 1. The summed E-state index contributed by atoms with van der Waals surface area (Å²) in [5.41, 5.74) is -0.361. The van der Waals surface area contributed by atoms with Crippen LogP contribution in [-0.2, 0) is 6.42 Å². The van der Waals surface area contributed by atoms with Crippen LogP contribution in [0, 0.1) is 0 Å². The highest BCUT2D eigenvalue weighted by molar-refractivity contribution is 6.03. The minimum Gasteiger partial charge on any atom is -0.478 e. The van der Waals surface area contributed by atoms with Gasteiger partial charge in [-0.2, -0.15) is 0 Å². The summed E-state index contributed by atoms with van der Waals surface area (Å²) in [6.07, 6.45) is 2.18. The van der Waals surface area contributed by atoms with Crippen LogP contribution >= 0.6 is 0 Å². The van der Waals surface area contributed by atoms with Crippen molar-refractivity contribution in [2.45, 2.75) is 26.2 Å². The molecule has 0 saturated carbocycles. The van der Waals surface area contributed by atoms with Crippen molar-refractivity contribution in [3.05, 3.63) is 46.0 Å². The van der Waals surface area contributed by atoms with Crippen LogP contribution in [0.3, 0.4) is 0 Å². The second-order valence-electron chi connectivity index (χ2n) is 4.14. The first-order valence-electron chi connectivity index (χ1n) is 5.93. The van der Waals surface area contributed by atoms with Gasteiger partial charge in [0, 0.05) is 11.8 Å². The van der Waals surface area contributed by atoms with Gasteiger partial charge in [0.2, 0.25) is 0 Å². The predicted molar refractivity (Wildman–Crippen MR) is 68.1 cm³/mol. The fourth-order valence-electron chi connectivity index (χ4n) is 2.00. The molecule has 4 heteroatoms. The molecule has 2 rings (SSSR count). The molecule has 94 valence electrons. The second kappa shape index (κ2) is 5.04. The fraction of sp³-hybridized carbons (Fsp3) is 0.286. The molecule has 0 aliphatic heterocycles. The highest BCUT2D eigenvalue weighted by atomic mass is 16.4. The van der Waals surface area contributed by atoms with E-state index in [1.807, 2.05) is 6.92 Å². The summed E-state index contributed by atoms with van der Waals surface area (Å²) in [5, 5.41) is 10.1. The fourth-order valence-corrected chi connectivity index (χ4v) is 2.00. The van der Waals surface area contributed by atoms with Crippen LogP contribution < -0.4 is 5.63 Å². The van der Waals surface area contributed by atoms with E-state index in [9.17, 15) is 14.7 Å². The maximum atomic E-state index is 11.8. The van der Waals surface area contributed by atoms with Crippen molar-refractivity contribution >= 4 is 16.7 Å². The van der Waals surface area contributed by atoms with Crippen LogP contribution in [0.4, 0.5) is 0 Å². The van der Waals surface area contributed by atoms with E-state index in [1.54, 1.807) is 24.3 Å². The molecule has 4 nitrogen and oxygen atoms in total. The van der Waals surface area contributed by atoms with Gasteiger partial charge in [0.05, 0.1) is 5.39 Å². The molecule has 0 fully saturated rings. The zero-order valence-electron chi connectivity index (χ0n) is 10.1. The Kier molecular flexibility index (Phi) is 3.46. The largest absolute Gasteiger partial charge is 0.478 e. The molecule has 1 aromatic carbocycles. The van der Waals surface area contributed by atoms with Gasteiger partial charge in [-0.05, 0) is 12.5 Å². The molecule has 0 aliphatic carbocycles. The van der Waals surface area contributed by atoms with Crippen LogP contribution in [0.2, 0.25) is 0 Å². The van der Waals surface area contributed by atoms with E-state index in [0.717, 1.165) is 12.8 Å². The van der Waals surface area contributed by atoms with Gasteiger partial charge < -0.3 is 9.52 Å². The molecule has 1 heterocycles. The maximum Gasteiger partial charge on any atom is 0.343 e. The minimum atomic E-state index is -1.05. The summed E-state index contributed by atoms with van der Waals surface area (Å²) in [5.74, 6) is -0.783. The maximum absolute atomic E-state index is 11.8. The Labute approximate surface area is 104 Å². The van der Waals surface area contributed by atoms with Crippen molar-refractivity contribution in [2.24, 2.45) is 0 Å². The lowest BCUT2D eigenvalue weighted by atomic mass is 10.0. The first kappa shape index (κ1) is 12.4. The van der Waals surface area contributed by atoms with Crippen LogP contribution in [0.1, 0.15) is 35.9 Å². The Bertz CT molecular complexity index is 640. The number of hydrogen-bond acceptors (Lipinski definition) is 3. The molecule has 1 N–H and O–H groups in total. The Morgan fingerprint density at radius 2 is 1.94 bits per heavy atom. The molecule has 0 bridgehead atoms. The zero-order valence-corrected chi connectivity index (χ0v) is 10.1. The molecule has 0 unspecified atom stereocenters. The predicted octanol–water partition coefficient (Wildman–Crippen LogP) is 2.83. The van der Waals surface area contributed by atoms with Gasteiger partial charge >= 0.3 is 11.6 Å². The first-order valence-corrected chi connectivity index (χ1v) is 5.93. The monoisotopic (exact) mass is 246 g/mol. The molecule has 0 atom stereocenters. The second-order valence-corrected chi connectivity index (χ2v) is 4.14. The molecule has 0 amide bonds. The van der Waals surface area contributed by atoms with E-state index in [2.05, 4.69) is 0 Å². The van der Waals surface area contributed by atoms with Crippen LogP contribution in [0.5, 0.6) is 0 Å². The average Bonchev–Trinajstić information content (AvgIpc) is 2.36. The van der Waals surface area contributed by atoms with Gasteiger partial charge in [0.1, 0.15) is 11.3 Å². The van der Waals surface area contributed by atoms with E-state index in [4.69, 9.17) is 4.42 Å². The first-order chi connectivity index (χ1) is 8.65. The van der Waals surface area contributed by atoms with Crippen molar-refractivity contribution < 1.29 is 14.3 Å². The number of aromatic carboxylic acids is 1. The van der Waals surface area contributed by atoms with Crippen LogP contribution in [0.25, 0.3) is 10.8 Å². The Balaban J connectivity index is 2.74. The lowest BCUT2D eigenvalue weighted by Crippen LogP contribution is -2.11. The van der Waals surface area contributed by atoms with Crippen molar-refractivity contribution in [3.63, 3.8) is 0 Å². The summed E-state index contributed by atoms with van der Waals surface area (Å²) >= 11 is 0. The number of fused-ring (bicyclic) bond motifs is 1. The SMILES string of the molecule is CCCCc1oc(=O)c2ccccc2c1C(=O)O. The summed E-state index contributed by atoms with van der Waals surface area (Å²) in [6, 6.07) is 6.64. The van der Waals surface area contributed by atoms with Gasteiger partial charge in [-0.3, -0.25) is 0 Å². The van der Waals surface area contributed by atoms with E-state index < -0.39 is 11.6 Å². The van der Waals surface area contributed by atoms with Gasteiger partial charge in [-0.15, -0.1) is 0 Å². The topological polar surface area (TPSA) is 67.5 Å². The number of hydrogen-bond donors (Lipinski definition) is 1. The van der Waals surface area contributed by atoms with Gasteiger partial charge in [0.15, 0.2) is 0 Å². The minimum absolute atomic E-state index is 0.110. The number of carbonyl (C=O) groups is 1. The molecular formula is C14H14O4. The lowest BCUT2D eigenvalue weighted by molar-refractivity contribution is 0.0694. The Morgan fingerprint density at radius 3 is 2.56 bits per heavy atom. The molecule has 0 aliphatic rings. The lowest BCUT2D eigenvalue weighted by Gasteiger charge is -2.07. The molecular weight excluding hydrogens is 232 g/mol. The number of benzene rings is 1. The van der Waals surface area contributed by atoms with E-state index in [0.29, 0.717) is 17.2 Å². The molecule has 0 spiro atoms. The van der Waals surface area contributed by atoms with Gasteiger partial charge in [-0.1, -0.05) is 31.5 Å². The molecule has 18 heavy (non-hydrogen) atoms. The van der Waals surface area contributed by atoms with Crippen molar-refractivity contribution in [3.8, 4) is 0 Å². The Morgan fingerprint density at radius 1 is 1.28 bits per heavy atom. The standard InChI is InChI=1S/C14H14O4/c1-2-3-8-11-12(13(15)16)9-6-4-5-7-10(9)14(17)18-11/h4-7H,2-3,8H2,1H3,(H,15,16). The molecule has 0 radical (unpaired) electrons. The van der Waals surface area contributed by atoms with Gasteiger partial charge in [0.25, 0.3) is 0 Å². The summed E-state index contributed by atoms with van der Waals surface area (Å²) in [4.78, 5) is 23.1. The van der Waals surface area contributed by atoms with Crippen molar-refractivity contribution in [1.29, 1.82) is 0 Å². The number of rotatable bonds is 4. The number of aryl methyl sites for hydroxylation is 1. The smallest absolute Gasteiger partial charge is 0.343 e. The van der Waals surface area contributed by atoms with E-state index in [1.165, 1.54) is 0 Å². The third kappa shape index (κ3) is 2.14. The number of unbranched alkanes of at least 4 members (excludes halogenated alkanes) is 1. The van der Waals surface area contributed by atoms with E-state index in [-0.39, 0.29) is 11.3 Å². The highest BCUT2D eigenvalue weighted by Gasteiger charge is 2.18. The highest BCUT2D eigenvalue weighted by Crippen LogP contribution is 2.21. The van der Waals surface area contributed by atoms with Crippen molar-refractivity contribution in [1.82, 2.24) is 0 Å². The zero-order chi connectivity index (χ0) is 13.1. The third-order valence-corrected chi connectivity index (χ3v) is 2.88. The molecule has 1 aromatic heterocycles. The summed E-state index contributed by atoms with van der Waals surface area (Å²) in [6.45, 7) is 2.00. The average molecular weight is 246 g/mol. The van der Waals surface area contributed by atoms with E-state index >= 15 is 0 Å². The normalized spacial score (nSPS) is 10.7. The third-order valence-electron chi connectivity index (χ3n) is 2.88. The van der Waals surface area contributed by atoms with Crippen LogP contribution in [-0.4, -0.2) is 11.1 Å². The van der Waals surface area contributed by atoms with Crippen LogP contribution in [0.15, 0.2) is 33.5 Å². The quantitative estimate of drug-likeness (QED) is 0.900. The summed E-state index contributed by atoms with van der Waals surface area (Å²) in [7, 11) is 0. The molecule has 2 aromatic rings. The molecule has 0 saturated heterocycles.